The fourth-order valence-electron chi connectivity index (χ4n) is 1.30. The molecule has 0 aliphatic heterocycles. The van der Waals surface area contributed by atoms with Crippen LogP contribution in [0.3, 0.4) is 0 Å². The Morgan fingerprint density at radius 1 is 1.25 bits per heavy atom. The van der Waals surface area contributed by atoms with Crippen LogP contribution in [-0.2, 0) is 0 Å². The molecule has 84 valence electrons. The van der Waals surface area contributed by atoms with E-state index in [4.69, 9.17) is 5.73 Å². The smallest absolute Gasteiger partial charge is 0.387 e. The van der Waals surface area contributed by atoms with E-state index >= 15 is 0 Å². The number of nitrogen functional groups attached to an aromatic ring is 1. The maximum atomic E-state index is 11.9. The number of imidazole rings is 1. The van der Waals surface area contributed by atoms with Crippen molar-refractivity contribution in [3.05, 3.63) is 30.5 Å². The Morgan fingerprint density at radius 3 is 2.44 bits per heavy atom. The molecule has 0 saturated heterocycles. The molecule has 3 N–H and O–H groups in total. The first-order valence-electron chi connectivity index (χ1n) is 4.51. The maximum absolute atomic E-state index is 11.9. The van der Waals surface area contributed by atoms with Crippen LogP contribution in [0.15, 0.2) is 30.5 Å². The summed E-state index contributed by atoms with van der Waals surface area (Å²) in [5.74, 6) is 0.425. The lowest BCUT2D eigenvalue weighted by atomic mass is 10.2. The first-order valence-corrected chi connectivity index (χ1v) is 4.51. The molecule has 0 radical (unpaired) electrons. The third-order valence-electron chi connectivity index (χ3n) is 1.99. The van der Waals surface area contributed by atoms with Crippen molar-refractivity contribution in [1.82, 2.24) is 9.97 Å². The molecule has 0 unspecified atom stereocenters. The highest BCUT2D eigenvalue weighted by Crippen LogP contribution is 2.22. The van der Waals surface area contributed by atoms with Gasteiger partial charge in [0.2, 0.25) is 0 Å². The van der Waals surface area contributed by atoms with E-state index in [9.17, 15) is 8.78 Å². The Hall–Kier alpha value is -2.11. The molecule has 2 aromatic rings. The zero-order valence-electron chi connectivity index (χ0n) is 8.15. The van der Waals surface area contributed by atoms with Gasteiger partial charge in [-0.15, -0.1) is 0 Å². The zero-order chi connectivity index (χ0) is 11.5. The van der Waals surface area contributed by atoms with Gasteiger partial charge in [-0.05, 0) is 29.8 Å². The number of anilines is 1. The zero-order valence-corrected chi connectivity index (χ0v) is 8.15. The van der Waals surface area contributed by atoms with Crippen molar-refractivity contribution in [3.63, 3.8) is 0 Å². The second kappa shape index (κ2) is 4.18. The molecule has 1 aromatic heterocycles. The average molecular weight is 225 g/mol. The third kappa shape index (κ3) is 2.28. The van der Waals surface area contributed by atoms with E-state index in [1.54, 1.807) is 18.3 Å². The molecule has 0 aliphatic carbocycles. The molecule has 0 spiro atoms. The summed E-state index contributed by atoms with van der Waals surface area (Å²) >= 11 is 0. The largest absolute Gasteiger partial charge is 0.435 e. The van der Waals surface area contributed by atoms with Gasteiger partial charge in [-0.1, -0.05) is 0 Å². The van der Waals surface area contributed by atoms with E-state index in [1.807, 2.05) is 0 Å². The first kappa shape index (κ1) is 10.4. The number of alkyl halides is 2. The molecule has 2 rings (SSSR count). The number of hydrogen-bond donors (Lipinski definition) is 2. The summed E-state index contributed by atoms with van der Waals surface area (Å²) in [5.41, 5.74) is 6.94. The fraction of sp³-hybridized carbons (Fsp3) is 0.100. The van der Waals surface area contributed by atoms with Crippen molar-refractivity contribution in [2.75, 3.05) is 5.73 Å². The number of H-pyrrole nitrogens is 1. The summed E-state index contributed by atoms with van der Waals surface area (Å²) in [5, 5.41) is 0. The van der Waals surface area contributed by atoms with Gasteiger partial charge in [0.05, 0.1) is 11.9 Å². The number of aromatic nitrogens is 2. The Labute approximate surface area is 90.1 Å². The van der Waals surface area contributed by atoms with Crippen molar-refractivity contribution < 1.29 is 13.5 Å². The van der Waals surface area contributed by atoms with E-state index in [2.05, 4.69) is 14.7 Å². The topological polar surface area (TPSA) is 63.9 Å². The second-order valence-corrected chi connectivity index (χ2v) is 3.08. The summed E-state index contributed by atoms with van der Waals surface area (Å²) in [6.07, 6.45) is 1.57. The van der Waals surface area contributed by atoms with Gasteiger partial charge < -0.3 is 15.5 Å². The predicted molar refractivity (Wildman–Crippen MR) is 55.1 cm³/mol. The van der Waals surface area contributed by atoms with Gasteiger partial charge in [0.1, 0.15) is 5.75 Å². The molecule has 0 atom stereocenters. The lowest BCUT2D eigenvalue weighted by molar-refractivity contribution is -0.0498. The predicted octanol–water partition coefficient (Wildman–Crippen LogP) is 2.26. The molecule has 1 heterocycles. The van der Waals surface area contributed by atoms with Crippen molar-refractivity contribution in [2.24, 2.45) is 0 Å². The minimum absolute atomic E-state index is 0.117. The Balaban J connectivity index is 2.19. The highest BCUT2D eigenvalue weighted by atomic mass is 19.3. The van der Waals surface area contributed by atoms with Gasteiger partial charge in [0, 0.05) is 0 Å². The number of aromatic amines is 1. The highest BCUT2D eigenvalue weighted by Gasteiger charge is 2.05. The summed E-state index contributed by atoms with van der Waals surface area (Å²) in [4.78, 5) is 6.67. The summed E-state index contributed by atoms with van der Waals surface area (Å²) in [6, 6.07) is 6.20. The molecule has 4 nitrogen and oxygen atoms in total. The van der Waals surface area contributed by atoms with Crippen LogP contribution >= 0.6 is 0 Å². The van der Waals surface area contributed by atoms with Gasteiger partial charge in [-0.2, -0.15) is 8.78 Å². The average Bonchev–Trinajstić information content (AvgIpc) is 2.65. The molecule has 1 aromatic carbocycles. The number of ether oxygens (including phenoxy) is 1. The Morgan fingerprint density at radius 2 is 1.94 bits per heavy atom. The number of nitrogens with zero attached hydrogens (tertiary/aromatic N) is 1. The molecule has 0 fully saturated rings. The minimum Gasteiger partial charge on any atom is -0.435 e. The van der Waals surface area contributed by atoms with Crippen LogP contribution in [0, 0.1) is 0 Å². The third-order valence-corrected chi connectivity index (χ3v) is 1.99. The molecule has 0 bridgehead atoms. The van der Waals surface area contributed by atoms with Crippen LogP contribution in [0.1, 0.15) is 0 Å². The standard InChI is InChI=1S/C10H9F2N3O/c11-9(12)16-7-3-1-6(2-4-7)8-5-14-10(13)15-8/h1-5,9H,(H3,13,14,15). The lowest BCUT2D eigenvalue weighted by Crippen LogP contribution is -2.01. The molecule has 16 heavy (non-hydrogen) atoms. The number of hydrogen-bond acceptors (Lipinski definition) is 3. The van der Waals surface area contributed by atoms with E-state index in [0.717, 1.165) is 11.3 Å². The quantitative estimate of drug-likeness (QED) is 0.842. The van der Waals surface area contributed by atoms with Crippen molar-refractivity contribution in [3.8, 4) is 17.0 Å². The van der Waals surface area contributed by atoms with Crippen LogP contribution in [0.5, 0.6) is 5.75 Å². The number of rotatable bonds is 3. The van der Waals surface area contributed by atoms with Crippen molar-refractivity contribution in [2.45, 2.75) is 6.61 Å². The maximum Gasteiger partial charge on any atom is 0.387 e. The minimum atomic E-state index is -2.81. The van der Waals surface area contributed by atoms with Crippen LogP contribution in [0.25, 0.3) is 11.3 Å². The number of nitrogens with two attached hydrogens (primary N) is 1. The lowest BCUT2D eigenvalue weighted by Gasteiger charge is -2.04. The van der Waals surface area contributed by atoms with Crippen LogP contribution in [0.4, 0.5) is 14.7 Å². The molecular formula is C10H9F2N3O. The second-order valence-electron chi connectivity index (χ2n) is 3.08. The van der Waals surface area contributed by atoms with Gasteiger partial charge in [0.25, 0.3) is 0 Å². The normalized spacial score (nSPS) is 10.7. The molecule has 0 amide bonds. The summed E-state index contributed by atoms with van der Waals surface area (Å²) in [6.45, 7) is -2.81. The number of halogens is 2. The van der Waals surface area contributed by atoms with Gasteiger partial charge in [-0.25, -0.2) is 4.98 Å². The van der Waals surface area contributed by atoms with Crippen molar-refractivity contribution in [1.29, 1.82) is 0 Å². The van der Waals surface area contributed by atoms with Crippen LogP contribution < -0.4 is 10.5 Å². The van der Waals surface area contributed by atoms with Gasteiger partial charge in [0.15, 0.2) is 5.95 Å². The van der Waals surface area contributed by atoms with Crippen LogP contribution in [-0.4, -0.2) is 16.6 Å². The van der Waals surface area contributed by atoms with E-state index < -0.39 is 6.61 Å². The van der Waals surface area contributed by atoms with Gasteiger partial charge in [-0.3, -0.25) is 0 Å². The van der Waals surface area contributed by atoms with Crippen molar-refractivity contribution >= 4 is 5.95 Å². The first-order chi connectivity index (χ1) is 7.65. The SMILES string of the molecule is Nc1ncc(-c2ccc(OC(F)F)cc2)[nH]1. The molecule has 6 heteroatoms. The molecule has 0 aliphatic rings. The van der Waals surface area contributed by atoms with Gasteiger partial charge >= 0.3 is 6.61 Å². The fourth-order valence-corrected chi connectivity index (χ4v) is 1.30. The number of nitrogens with one attached hydrogen (secondary N) is 1. The summed E-state index contributed by atoms with van der Waals surface area (Å²) in [7, 11) is 0. The number of benzene rings is 1. The van der Waals surface area contributed by atoms with E-state index in [-0.39, 0.29) is 5.75 Å². The molecule has 0 saturated carbocycles. The highest BCUT2D eigenvalue weighted by molar-refractivity contribution is 5.60. The Kier molecular flexibility index (Phi) is 2.72. The monoisotopic (exact) mass is 225 g/mol. The van der Waals surface area contributed by atoms with E-state index in [0.29, 0.717) is 5.95 Å². The van der Waals surface area contributed by atoms with E-state index in [1.165, 1.54) is 12.1 Å². The molecular weight excluding hydrogens is 216 g/mol. The summed E-state index contributed by atoms with van der Waals surface area (Å²) < 4.78 is 28.0. The Bertz CT molecular complexity index is 467. The van der Waals surface area contributed by atoms with Crippen LogP contribution in [0.2, 0.25) is 0 Å².